The van der Waals surface area contributed by atoms with Crippen LogP contribution in [0.3, 0.4) is 0 Å². The van der Waals surface area contributed by atoms with Gasteiger partial charge < -0.3 is 18.9 Å². The molecular weight excluding hydrogens is 837 g/mol. The van der Waals surface area contributed by atoms with Crippen LogP contribution >= 0.6 is 0 Å². The van der Waals surface area contributed by atoms with E-state index in [2.05, 4.69) is 13.8 Å². The standard InChI is InChI=1S/2C24H49NO4S.Ca/c2*1-3-4-5-6-7-8-9-10-11-12-13-14-15-16-17-18-19-21-24(26)25(2)22-20-23-30(27,28)29;/h2*3-23H2,1-2H3,(H,27,28,29);/q;;+2/p-2. The Hall–Kier alpha value is 0.0197. The molecule has 0 aliphatic carbocycles. The van der Waals surface area contributed by atoms with Crippen molar-refractivity contribution in [3.05, 3.63) is 0 Å². The van der Waals surface area contributed by atoms with Gasteiger partial charge in [0.25, 0.3) is 0 Å². The van der Waals surface area contributed by atoms with Crippen molar-refractivity contribution in [2.24, 2.45) is 0 Å². The van der Waals surface area contributed by atoms with Crippen LogP contribution in [0, 0.1) is 0 Å². The molecule has 0 N–H and O–H groups in total. The number of nitrogens with zero attached hydrogens (tertiary/aromatic N) is 2. The molecule has 0 saturated heterocycles. The van der Waals surface area contributed by atoms with Crippen molar-refractivity contribution in [3.63, 3.8) is 0 Å². The Morgan fingerprint density at radius 1 is 0.344 bits per heavy atom. The van der Waals surface area contributed by atoms with E-state index in [0.29, 0.717) is 25.9 Å². The van der Waals surface area contributed by atoms with Gasteiger partial charge in [-0.3, -0.25) is 9.59 Å². The van der Waals surface area contributed by atoms with Crippen molar-refractivity contribution in [2.75, 3.05) is 38.7 Å². The Morgan fingerprint density at radius 2 is 0.525 bits per heavy atom. The van der Waals surface area contributed by atoms with Crippen molar-refractivity contribution >= 4 is 69.8 Å². The van der Waals surface area contributed by atoms with Crippen LogP contribution in [0.5, 0.6) is 0 Å². The van der Waals surface area contributed by atoms with E-state index in [4.69, 9.17) is 0 Å². The van der Waals surface area contributed by atoms with E-state index >= 15 is 0 Å². The molecule has 0 radical (unpaired) electrons. The summed E-state index contributed by atoms with van der Waals surface area (Å²) in [6.07, 6.45) is 46.3. The number of hydrogen-bond acceptors (Lipinski definition) is 8. The fraction of sp³-hybridized carbons (Fsp3) is 0.958. The summed E-state index contributed by atoms with van der Waals surface area (Å²) in [5.41, 5.74) is 0. The van der Waals surface area contributed by atoms with Gasteiger partial charge in [0.15, 0.2) is 0 Å². The van der Waals surface area contributed by atoms with Crippen LogP contribution in [0.1, 0.15) is 258 Å². The molecule has 0 aromatic heterocycles. The van der Waals surface area contributed by atoms with Crippen LogP contribution in [0.15, 0.2) is 0 Å². The van der Waals surface area contributed by atoms with Gasteiger partial charge in [0.2, 0.25) is 11.8 Å². The van der Waals surface area contributed by atoms with Crippen molar-refractivity contribution in [3.8, 4) is 0 Å². The molecule has 0 aliphatic rings. The summed E-state index contributed by atoms with van der Waals surface area (Å²) in [5.74, 6) is -0.716. The summed E-state index contributed by atoms with van der Waals surface area (Å²) in [6.45, 7) is 5.20. The van der Waals surface area contributed by atoms with Gasteiger partial charge in [-0.2, -0.15) is 0 Å². The molecule has 10 nitrogen and oxygen atoms in total. The second-order valence-electron chi connectivity index (χ2n) is 17.7. The molecule has 0 unspecified atom stereocenters. The van der Waals surface area contributed by atoms with E-state index in [1.165, 1.54) is 202 Å². The number of carbonyl (C=O) groups is 2. The monoisotopic (exact) mass is 933 g/mol. The first-order chi connectivity index (χ1) is 28.7. The minimum atomic E-state index is -4.18. The smallest absolute Gasteiger partial charge is 0.748 e. The molecule has 0 aromatic carbocycles. The largest absolute Gasteiger partial charge is 2.00 e. The number of rotatable bonds is 44. The van der Waals surface area contributed by atoms with Crippen molar-refractivity contribution in [1.82, 2.24) is 9.80 Å². The van der Waals surface area contributed by atoms with Gasteiger partial charge in [0, 0.05) is 51.5 Å². The molecular formula is C48H96CaN2O8S2. The summed E-state index contributed by atoms with van der Waals surface area (Å²) < 4.78 is 63.4. The molecule has 2 amide bonds. The molecule has 0 aromatic rings. The molecule has 0 fully saturated rings. The summed E-state index contributed by atoms with van der Waals surface area (Å²) in [6, 6.07) is 0. The van der Waals surface area contributed by atoms with Crippen molar-refractivity contribution < 1.29 is 35.5 Å². The molecule has 0 aliphatic heterocycles. The van der Waals surface area contributed by atoms with Crippen molar-refractivity contribution in [2.45, 2.75) is 258 Å². The average Bonchev–Trinajstić information content (AvgIpc) is 3.19. The van der Waals surface area contributed by atoms with Crippen LogP contribution in [-0.4, -0.2) is 124 Å². The van der Waals surface area contributed by atoms with E-state index in [1.54, 1.807) is 14.1 Å². The third kappa shape index (κ3) is 56.1. The second-order valence-corrected chi connectivity index (χ2v) is 20.7. The Labute approximate surface area is 408 Å². The molecule has 0 heterocycles. The maximum atomic E-state index is 12.0. The van der Waals surface area contributed by atoms with Gasteiger partial charge in [0.05, 0.1) is 20.2 Å². The molecule has 0 bridgehead atoms. The van der Waals surface area contributed by atoms with Gasteiger partial charge in [-0.15, -0.1) is 0 Å². The molecule has 0 spiro atoms. The molecule has 0 atom stereocenters. The van der Waals surface area contributed by atoms with Crippen LogP contribution in [-0.2, 0) is 29.8 Å². The minimum absolute atomic E-state index is 0. The normalized spacial score (nSPS) is 11.5. The Bertz CT molecular complexity index is 1080. The molecule has 13 heteroatoms. The Morgan fingerprint density at radius 3 is 0.705 bits per heavy atom. The fourth-order valence-electron chi connectivity index (χ4n) is 7.59. The van der Waals surface area contributed by atoms with Gasteiger partial charge in [-0.05, 0) is 25.7 Å². The zero-order chi connectivity index (χ0) is 45.0. The van der Waals surface area contributed by atoms with E-state index in [9.17, 15) is 35.5 Å². The first kappa shape index (κ1) is 65.3. The molecule has 61 heavy (non-hydrogen) atoms. The van der Waals surface area contributed by atoms with Crippen LogP contribution in [0.2, 0.25) is 0 Å². The first-order valence-electron chi connectivity index (χ1n) is 25.1. The van der Waals surface area contributed by atoms with E-state index in [1.807, 2.05) is 0 Å². The van der Waals surface area contributed by atoms with Gasteiger partial charge in [0.1, 0.15) is 0 Å². The number of carbonyl (C=O) groups excluding carboxylic acids is 2. The minimum Gasteiger partial charge on any atom is -0.748 e. The Balaban J connectivity index is -0.00000109. The Kier molecular flexibility index (Phi) is 51.3. The van der Waals surface area contributed by atoms with Gasteiger partial charge in [-0.1, -0.05) is 219 Å². The predicted molar refractivity (Wildman–Crippen MR) is 257 cm³/mol. The maximum Gasteiger partial charge on any atom is 2.00 e. The first-order valence-corrected chi connectivity index (χ1v) is 28.2. The summed E-state index contributed by atoms with van der Waals surface area (Å²) >= 11 is 0. The van der Waals surface area contributed by atoms with E-state index in [0.717, 1.165) is 25.7 Å². The van der Waals surface area contributed by atoms with E-state index in [-0.39, 0.29) is 62.4 Å². The van der Waals surface area contributed by atoms with Crippen LogP contribution < -0.4 is 0 Å². The van der Waals surface area contributed by atoms with E-state index < -0.39 is 31.7 Å². The average molecular weight is 934 g/mol. The zero-order valence-electron chi connectivity index (χ0n) is 40.4. The predicted octanol–water partition coefficient (Wildman–Crippen LogP) is 12.5. The second kappa shape index (κ2) is 48.0. The number of unbranched alkanes of at least 4 members (excludes halogenated alkanes) is 32. The third-order valence-corrected chi connectivity index (χ3v) is 13.2. The third-order valence-electron chi connectivity index (χ3n) is 11.6. The SMILES string of the molecule is CCCCCCCCCCCCCCCCCCCC(=O)N(C)CCCS(=O)(=O)[O-].CCCCCCCCCCCCCCCCCCCC(=O)N(C)CCCS(=O)(=O)[O-].[Ca+2]. The fourth-order valence-corrected chi connectivity index (χ4v) is 8.56. The van der Waals surface area contributed by atoms with Crippen LogP contribution in [0.25, 0.3) is 0 Å². The quantitative estimate of drug-likeness (QED) is 0.0332. The number of amides is 2. The van der Waals surface area contributed by atoms with Gasteiger partial charge >= 0.3 is 37.7 Å². The summed E-state index contributed by atoms with van der Waals surface area (Å²) in [4.78, 5) is 27.0. The summed E-state index contributed by atoms with van der Waals surface area (Å²) in [5, 5.41) is 0. The topological polar surface area (TPSA) is 155 Å². The zero-order valence-corrected chi connectivity index (χ0v) is 44.2. The molecule has 0 saturated carbocycles. The maximum absolute atomic E-state index is 12.0. The van der Waals surface area contributed by atoms with Crippen molar-refractivity contribution in [1.29, 1.82) is 0 Å². The molecule has 360 valence electrons. The molecule has 0 rings (SSSR count). The van der Waals surface area contributed by atoms with Gasteiger partial charge in [-0.25, -0.2) is 16.8 Å². The van der Waals surface area contributed by atoms with Crippen LogP contribution in [0.4, 0.5) is 0 Å². The number of hydrogen-bond donors (Lipinski definition) is 0. The summed E-state index contributed by atoms with van der Waals surface area (Å²) in [7, 11) is -5.01.